The molecule has 2 aromatic rings. The van der Waals surface area contributed by atoms with Crippen molar-refractivity contribution in [1.82, 2.24) is 4.98 Å². The van der Waals surface area contributed by atoms with Crippen molar-refractivity contribution in [3.05, 3.63) is 41.8 Å². The minimum Gasteiger partial charge on any atom is -0.417 e. The summed E-state index contributed by atoms with van der Waals surface area (Å²) >= 11 is 0. The molecule has 0 N–H and O–H groups in total. The van der Waals surface area contributed by atoms with Crippen molar-refractivity contribution in [2.45, 2.75) is 13.8 Å². The van der Waals surface area contributed by atoms with Crippen LogP contribution in [0.15, 0.2) is 28.9 Å². The van der Waals surface area contributed by atoms with Crippen LogP contribution in [0.4, 0.5) is 0 Å². The first-order chi connectivity index (χ1) is 6.77. The van der Waals surface area contributed by atoms with Gasteiger partial charge in [0.2, 0.25) is 0 Å². The molecule has 1 heterocycles. The Morgan fingerprint density at radius 3 is 2.57 bits per heavy atom. The Morgan fingerprint density at radius 1 is 1.29 bits per heavy atom. The third-order valence-corrected chi connectivity index (χ3v) is 1.97. The minimum atomic E-state index is 0.224. The quantitative estimate of drug-likeness (QED) is 0.726. The Kier molecular flexibility index (Phi) is 2.23. The molecule has 1 radical (unpaired) electrons. The molecule has 71 valence electrons. The summed E-state index contributed by atoms with van der Waals surface area (Å²) in [6.07, 6.45) is 4.14. The summed E-state index contributed by atoms with van der Waals surface area (Å²) in [5.41, 5.74) is 2.12. The van der Waals surface area contributed by atoms with E-state index in [1.54, 1.807) is 0 Å². The minimum absolute atomic E-state index is 0.224. The zero-order valence-electron chi connectivity index (χ0n) is 8.07. The molecule has 0 spiro atoms. The number of aromatic nitrogens is 1. The van der Waals surface area contributed by atoms with Crippen molar-refractivity contribution in [2.24, 2.45) is 0 Å². The summed E-state index contributed by atoms with van der Waals surface area (Å²) in [6, 6.07) is 5.95. The fourth-order valence-electron chi connectivity index (χ4n) is 1.28. The highest BCUT2D eigenvalue weighted by molar-refractivity contribution is 5.40. The topological polar surface area (TPSA) is 35.3 Å². The van der Waals surface area contributed by atoms with E-state index in [0.29, 0.717) is 0 Å². The van der Waals surface area contributed by atoms with Crippen molar-refractivity contribution >= 4 is 0 Å². The van der Waals surface area contributed by atoms with Crippen LogP contribution in [0.25, 0.3) is 0 Å². The molecule has 0 saturated carbocycles. The third-order valence-electron chi connectivity index (χ3n) is 1.97. The molecule has 0 unspecified atom stereocenters. The fraction of sp³-hybridized carbons (Fsp3) is 0.182. The number of hydrogen-bond acceptors (Lipinski definition) is 3. The van der Waals surface area contributed by atoms with Gasteiger partial charge in [0.05, 0.1) is 0 Å². The predicted octanol–water partition coefficient (Wildman–Crippen LogP) is 2.88. The lowest BCUT2D eigenvalue weighted by Crippen LogP contribution is -1.90. The molecule has 3 heteroatoms. The standard InChI is InChI=1S/C11H10NO2/c1-8-4-3-5-9(2)10(8)14-11-12-6-7-13-11/h3-5,7H,1-2H3. The number of aryl methyl sites for hydroxylation is 2. The molecule has 0 fully saturated rings. The summed E-state index contributed by atoms with van der Waals surface area (Å²) in [7, 11) is 0. The van der Waals surface area contributed by atoms with Gasteiger partial charge in [-0.05, 0) is 25.0 Å². The van der Waals surface area contributed by atoms with Crippen molar-refractivity contribution in [3.63, 3.8) is 0 Å². The van der Waals surface area contributed by atoms with Gasteiger partial charge in [-0.1, -0.05) is 18.2 Å². The van der Waals surface area contributed by atoms with E-state index in [-0.39, 0.29) is 6.08 Å². The number of para-hydroxylation sites is 1. The summed E-state index contributed by atoms with van der Waals surface area (Å²) in [6.45, 7) is 3.96. The lowest BCUT2D eigenvalue weighted by Gasteiger charge is -2.07. The van der Waals surface area contributed by atoms with Crippen LogP contribution in [-0.2, 0) is 0 Å². The number of hydrogen-bond donors (Lipinski definition) is 0. The third kappa shape index (κ3) is 1.62. The molecule has 0 amide bonds. The lowest BCUT2D eigenvalue weighted by molar-refractivity contribution is 0.327. The van der Waals surface area contributed by atoms with Gasteiger partial charge >= 0.3 is 6.08 Å². The van der Waals surface area contributed by atoms with Crippen LogP contribution in [-0.4, -0.2) is 4.98 Å². The average molecular weight is 188 g/mol. The Bertz CT molecular complexity index is 401. The van der Waals surface area contributed by atoms with Crippen LogP contribution >= 0.6 is 0 Å². The molecule has 2 rings (SSSR count). The van der Waals surface area contributed by atoms with E-state index >= 15 is 0 Å². The Hall–Kier alpha value is -1.77. The van der Waals surface area contributed by atoms with E-state index in [4.69, 9.17) is 9.15 Å². The molecule has 0 saturated heterocycles. The summed E-state index contributed by atoms with van der Waals surface area (Å²) in [5.74, 6) is 0.795. The summed E-state index contributed by atoms with van der Waals surface area (Å²) in [5, 5.41) is 0. The average Bonchev–Trinajstić information content (AvgIpc) is 2.64. The maximum atomic E-state index is 5.47. The van der Waals surface area contributed by atoms with Crippen LogP contribution in [0.5, 0.6) is 11.8 Å². The number of benzene rings is 1. The Labute approximate surface area is 82.3 Å². The first-order valence-electron chi connectivity index (χ1n) is 4.33. The zero-order valence-corrected chi connectivity index (χ0v) is 8.07. The van der Waals surface area contributed by atoms with E-state index in [9.17, 15) is 0 Å². The predicted molar refractivity (Wildman–Crippen MR) is 51.3 cm³/mol. The van der Waals surface area contributed by atoms with E-state index in [1.165, 1.54) is 6.26 Å². The van der Waals surface area contributed by atoms with Crippen molar-refractivity contribution in [2.75, 3.05) is 0 Å². The van der Waals surface area contributed by atoms with E-state index in [2.05, 4.69) is 11.2 Å². The lowest BCUT2D eigenvalue weighted by atomic mass is 10.1. The second-order valence-corrected chi connectivity index (χ2v) is 3.07. The number of rotatable bonds is 2. The second kappa shape index (κ2) is 3.54. The van der Waals surface area contributed by atoms with Crippen LogP contribution < -0.4 is 4.74 Å². The normalized spacial score (nSPS) is 10.1. The summed E-state index contributed by atoms with van der Waals surface area (Å²) in [4.78, 5) is 3.78. The summed E-state index contributed by atoms with van der Waals surface area (Å²) < 4.78 is 10.4. The highest BCUT2D eigenvalue weighted by atomic mass is 16.6. The molecular formula is C11H10NO2. The van der Waals surface area contributed by atoms with Crippen LogP contribution in [0.1, 0.15) is 11.1 Å². The molecule has 3 nitrogen and oxygen atoms in total. The molecular weight excluding hydrogens is 178 g/mol. The number of nitrogens with zero attached hydrogens (tertiary/aromatic N) is 1. The van der Waals surface area contributed by atoms with Gasteiger partial charge in [-0.15, -0.1) is 0 Å². The molecule has 0 bridgehead atoms. The Balaban J connectivity index is 2.33. The van der Waals surface area contributed by atoms with E-state index in [0.717, 1.165) is 16.9 Å². The second-order valence-electron chi connectivity index (χ2n) is 3.07. The SMILES string of the molecule is Cc1cccc(C)c1Oc1n[c]co1. The van der Waals surface area contributed by atoms with Crippen LogP contribution in [0, 0.1) is 20.0 Å². The van der Waals surface area contributed by atoms with E-state index in [1.807, 2.05) is 32.0 Å². The first-order valence-corrected chi connectivity index (χ1v) is 4.33. The van der Waals surface area contributed by atoms with Crippen molar-refractivity contribution < 1.29 is 9.15 Å². The highest BCUT2D eigenvalue weighted by Crippen LogP contribution is 2.26. The first kappa shape index (κ1) is 8.81. The monoisotopic (exact) mass is 188 g/mol. The number of ether oxygens (including phenoxy) is 1. The van der Waals surface area contributed by atoms with Crippen molar-refractivity contribution in [3.8, 4) is 11.8 Å². The van der Waals surface area contributed by atoms with Gasteiger partial charge in [0.15, 0.2) is 0 Å². The van der Waals surface area contributed by atoms with E-state index < -0.39 is 0 Å². The largest absolute Gasteiger partial charge is 0.417 e. The van der Waals surface area contributed by atoms with Crippen LogP contribution in [0.2, 0.25) is 0 Å². The molecule has 0 aliphatic carbocycles. The molecule has 0 aliphatic heterocycles. The van der Waals surface area contributed by atoms with Gasteiger partial charge in [-0.2, -0.15) is 4.98 Å². The van der Waals surface area contributed by atoms with Gasteiger partial charge in [0, 0.05) is 0 Å². The molecule has 1 aromatic carbocycles. The maximum Gasteiger partial charge on any atom is 0.399 e. The fourth-order valence-corrected chi connectivity index (χ4v) is 1.28. The molecule has 0 aliphatic rings. The van der Waals surface area contributed by atoms with Crippen molar-refractivity contribution in [1.29, 1.82) is 0 Å². The van der Waals surface area contributed by atoms with Gasteiger partial charge < -0.3 is 9.15 Å². The number of oxazole rings is 1. The van der Waals surface area contributed by atoms with Gasteiger partial charge in [-0.3, -0.25) is 0 Å². The molecule has 14 heavy (non-hydrogen) atoms. The highest BCUT2D eigenvalue weighted by Gasteiger charge is 2.06. The maximum absolute atomic E-state index is 5.47. The van der Waals surface area contributed by atoms with Gasteiger partial charge in [0.25, 0.3) is 0 Å². The van der Waals surface area contributed by atoms with Gasteiger partial charge in [0.1, 0.15) is 18.2 Å². The molecule has 0 atom stereocenters. The Morgan fingerprint density at radius 2 is 2.00 bits per heavy atom. The van der Waals surface area contributed by atoms with Gasteiger partial charge in [-0.25, -0.2) is 0 Å². The zero-order chi connectivity index (χ0) is 9.97. The molecule has 1 aromatic heterocycles. The smallest absolute Gasteiger partial charge is 0.399 e. The van der Waals surface area contributed by atoms with Crippen LogP contribution in [0.3, 0.4) is 0 Å².